The third-order valence-corrected chi connectivity index (χ3v) is 6.79. The number of furan rings is 1. The zero-order valence-electron chi connectivity index (χ0n) is 17.1. The number of Topliss-reactive ketones (excluding diaryl/α,β-unsaturated/α-hetero) is 1. The maximum Gasteiger partial charge on any atom is 0.287 e. The molecule has 0 aromatic carbocycles. The van der Waals surface area contributed by atoms with E-state index in [9.17, 15) is 14.4 Å². The molecule has 2 aromatic rings. The standard InChI is InChI=1S/C22H26N2O4S/c1-13-19-15(25)10-22(2,3)11-16(19)28-20(13)21(27)23-7-4-18(26)24-8-5-17-14(12-24)6-9-29-17/h6,9H,4-5,7-8,10-12H2,1-3H3,(H,23,27). The van der Waals surface area contributed by atoms with Crippen molar-refractivity contribution in [2.45, 2.75) is 53.0 Å². The van der Waals surface area contributed by atoms with Crippen molar-refractivity contribution in [3.8, 4) is 0 Å². The number of hydrogen-bond donors (Lipinski definition) is 1. The fourth-order valence-electron chi connectivity index (χ4n) is 4.28. The van der Waals surface area contributed by atoms with Crippen LogP contribution in [0.5, 0.6) is 0 Å². The molecule has 2 amide bonds. The van der Waals surface area contributed by atoms with Gasteiger partial charge in [0, 0.05) is 49.3 Å². The van der Waals surface area contributed by atoms with Crippen LogP contribution < -0.4 is 5.32 Å². The molecule has 1 aliphatic carbocycles. The van der Waals surface area contributed by atoms with E-state index in [1.165, 1.54) is 10.4 Å². The highest BCUT2D eigenvalue weighted by Gasteiger charge is 2.37. The number of fused-ring (bicyclic) bond motifs is 2. The van der Waals surface area contributed by atoms with Crippen LogP contribution in [0.3, 0.4) is 0 Å². The average Bonchev–Trinajstić information content (AvgIpc) is 3.24. The van der Waals surface area contributed by atoms with Gasteiger partial charge in [0.25, 0.3) is 5.91 Å². The van der Waals surface area contributed by atoms with E-state index in [0.717, 1.165) is 13.0 Å². The molecule has 0 saturated carbocycles. The minimum absolute atomic E-state index is 0.0321. The molecule has 0 atom stereocenters. The summed E-state index contributed by atoms with van der Waals surface area (Å²) in [7, 11) is 0. The van der Waals surface area contributed by atoms with E-state index in [-0.39, 0.29) is 41.7 Å². The van der Waals surface area contributed by atoms with Gasteiger partial charge in [-0.2, -0.15) is 0 Å². The van der Waals surface area contributed by atoms with Crippen molar-refractivity contribution >= 4 is 28.9 Å². The van der Waals surface area contributed by atoms with Crippen molar-refractivity contribution in [1.29, 1.82) is 0 Å². The molecule has 2 aliphatic rings. The van der Waals surface area contributed by atoms with E-state index in [2.05, 4.69) is 16.8 Å². The molecule has 3 heterocycles. The number of nitrogens with zero attached hydrogens (tertiary/aromatic N) is 1. The van der Waals surface area contributed by atoms with E-state index in [1.807, 2.05) is 18.7 Å². The Labute approximate surface area is 174 Å². The van der Waals surface area contributed by atoms with Crippen LogP contribution in [0.4, 0.5) is 0 Å². The summed E-state index contributed by atoms with van der Waals surface area (Å²) >= 11 is 1.74. The lowest BCUT2D eigenvalue weighted by Crippen LogP contribution is -2.37. The quantitative estimate of drug-likeness (QED) is 0.830. The van der Waals surface area contributed by atoms with Crippen LogP contribution in [0.1, 0.15) is 69.4 Å². The fraction of sp³-hybridized carbons (Fsp3) is 0.500. The summed E-state index contributed by atoms with van der Waals surface area (Å²) in [6.45, 7) is 7.42. The van der Waals surface area contributed by atoms with Crippen LogP contribution >= 0.6 is 11.3 Å². The summed E-state index contributed by atoms with van der Waals surface area (Å²) in [6.07, 6.45) is 2.24. The molecule has 154 valence electrons. The van der Waals surface area contributed by atoms with E-state index in [0.29, 0.717) is 36.3 Å². The van der Waals surface area contributed by atoms with Gasteiger partial charge in [0.05, 0.1) is 5.56 Å². The first-order valence-corrected chi connectivity index (χ1v) is 10.9. The molecule has 0 spiro atoms. The van der Waals surface area contributed by atoms with E-state index in [4.69, 9.17) is 4.42 Å². The summed E-state index contributed by atoms with van der Waals surface area (Å²) in [5.74, 6) is 0.493. The normalized spacial score (nSPS) is 17.6. The zero-order chi connectivity index (χ0) is 20.8. The third kappa shape index (κ3) is 3.88. The highest BCUT2D eigenvalue weighted by molar-refractivity contribution is 7.10. The number of amides is 2. The Balaban J connectivity index is 1.35. The highest BCUT2D eigenvalue weighted by atomic mass is 32.1. The average molecular weight is 415 g/mol. The van der Waals surface area contributed by atoms with Gasteiger partial charge in [-0.1, -0.05) is 13.8 Å². The predicted octanol–water partition coefficient (Wildman–Crippen LogP) is 3.51. The lowest BCUT2D eigenvalue weighted by molar-refractivity contribution is -0.131. The van der Waals surface area contributed by atoms with Gasteiger partial charge in [-0.3, -0.25) is 14.4 Å². The van der Waals surface area contributed by atoms with Gasteiger partial charge in [-0.25, -0.2) is 0 Å². The van der Waals surface area contributed by atoms with E-state index >= 15 is 0 Å². The molecule has 6 nitrogen and oxygen atoms in total. The minimum atomic E-state index is -0.367. The van der Waals surface area contributed by atoms with Crippen LogP contribution in [-0.2, 0) is 24.2 Å². The van der Waals surface area contributed by atoms with Gasteiger partial charge in [-0.15, -0.1) is 11.3 Å². The first-order chi connectivity index (χ1) is 13.7. The van der Waals surface area contributed by atoms with Crippen molar-refractivity contribution in [3.05, 3.63) is 44.5 Å². The van der Waals surface area contributed by atoms with Crippen molar-refractivity contribution < 1.29 is 18.8 Å². The van der Waals surface area contributed by atoms with Crippen LogP contribution in [0.25, 0.3) is 0 Å². The molecule has 4 rings (SSSR count). The zero-order valence-corrected chi connectivity index (χ0v) is 17.9. The number of carbonyl (C=O) groups is 3. The monoisotopic (exact) mass is 414 g/mol. The highest BCUT2D eigenvalue weighted by Crippen LogP contribution is 2.38. The summed E-state index contributed by atoms with van der Waals surface area (Å²) in [5.41, 5.74) is 2.23. The second-order valence-electron chi connectivity index (χ2n) is 8.74. The molecular weight excluding hydrogens is 388 g/mol. The second kappa shape index (κ2) is 7.44. The number of carbonyl (C=O) groups excluding carboxylic acids is 3. The van der Waals surface area contributed by atoms with Crippen molar-refractivity contribution in [3.63, 3.8) is 0 Å². The smallest absolute Gasteiger partial charge is 0.287 e. The maximum atomic E-state index is 12.6. The summed E-state index contributed by atoms with van der Waals surface area (Å²) in [5, 5.41) is 4.84. The molecule has 0 fully saturated rings. The molecule has 1 aliphatic heterocycles. The van der Waals surface area contributed by atoms with Gasteiger partial charge < -0.3 is 14.6 Å². The largest absolute Gasteiger partial charge is 0.455 e. The molecule has 7 heteroatoms. The predicted molar refractivity (Wildman–Crippen MR) is 110 cm³/mol. The van der Waals surface area contributed by atoms with Crippen LogP contribution in [0.2, 0.25) is 0 Å². The van der Waals surface area contributed by atoms with Crippen LogP contribution in [-0.4, -0.2) is 35.6 Å². The molecule has 0 bridgehead atoms. The lowest BCUT2D eigenvalue weighted by atomic mass is 9.76. The SMILES string of the molecule is Cc1c(C(=O)NCCC(=O)N2CCc3sccc3C2)oc2c1C(=O)CC(C)(C)C2. The maximum absolute atomic E-state index is 12.6. The minimum Gasteiger partial charge on any atom is -0.455 e. The Morgan fingerprint density at radius 3 is 2.90 bits per heavy atom. The molecule has 2 aromatic heterocycles. The summed E-state index contributed by atoms with van der Waals surface area (Å²) in [6, 6.07) is 2.07. The van der Waals surface area contributed by atoms with Crippen molar-refractivity contribution in [1.82, 2.24) is 10.2 Å². The van der Waals surface area contributed by atoms with Crippen molar-refractivity contribution in [2.75, 3.05) is 13.1 Å². The summed E-state index contributed by atoms with van der Waals surface area (Å²) in [4.78, 5) is 40.8. The Hall–Kier alpha value is -2.41. The topological polar surface area (TPSA) is 79.6 Å². The second-order valence-corrected chi connectivity index (χ2v) is 9.74. The number of thiophene rings is 1. The molecule has 0 radical (unpaired) electrons. The Morgan fingerprint density at radius 1 is 1.31 bits per heavy atom. The number of rotatable bonds is 4. The lowest BCUT2D eigenvalue weighted by Gasteiger charge is -2.27. The molecule has 0 saturated heterocycles. The number of ketones is 1. The molecule has 0 unspecified atom stereocenters. The Kier molecular flexibility index (Phi) is 5.11. The molecule has 29 heavy (non-hydrogen) atoms. The Morgan fingerprint density at radius 2 is 2.10 bits per heavy atom. The van der Waals surface area contributed by atoms with Crippen LogP contribution in [0, 0.1) is 12.3 Å². The van der Waals surface area contributed by atoms with Crippen molar-refractivity contribution in [2.24, 2.45) is 5.41 Å². The van der Waals surface area contributed by atoms with E-state index in [1.54, 1.807) is 18.3 Å². The Bertz CT molecular complexity index is 985. The fourth-order valence-corrected chi connectivity index (χ4v) is 5.17. The van der Waals surface area contributed by atoms with Gasteiger partial charge in [0.1, 0.15) is 5.76 Å². The molecular formula is C22H26N2O4S. The third-order valence-electron chi connectivity index (χ3n) is 5.77. The summed E-state index contributed by atoms with van der Waals surface area (Å²) < 4.78 is 5.78. The number of hydrogen-bond acceptors (Lipinski definition) is 5. The van der Waals surface area contributed by atoms with E-state index < -0.39 is 0 Å². The molecule has 1 N–H and O–H groups in total. The van der Waals surface area contributed by atoms with Gasteiger partial charge in [0.2, 0.25) is 5.91 Å². The van der Waals surface area contributed by atoms with Gasteiger partial charge >= 0.3 is 0 Å². The van der Waals surface area contributed by atoms with Crippen LogP contribution in [0.15, 0.2) is 15.9 Å². The number of nitrogens with one attached hydrogen (secondary N) is 1. The van der Waals surface area contributed by atoms with Gasteiger partial charge in [0.15, 0.2) is 11.5 Å². The first kappa shape index (κ1) is 19.9. The first-order valence-electron chi connectivity index (χ1n) is 10.0. The van der Waals surface area contributed by atoms with Gasteiger partial charge in [-0.05, 0) is 35.8 Å².